The minimum atomic E-state index is -0.237. The molecule has 2 aromatic carbocycles. The summed E-state index contributed by atoms with van der Waals surface area (Å²) in [5, 5.41) is 8.31. The Morgan fingerprint density at radius 1 is 1.07 bits per heavy atom. The van der Waals surface area contributed by atoms with E-state index in [0.717, 1.165) is 34.4 Å². The lowest BCUT2D eigenvalue weighted by Crippen LogP contribution is -2.35. The summed E-state index contributed by atoms with van der Waals surface area (Å²) >= 11 is 1.61. The number of halogens is 1. The number of thiophene rings is 1. The molecule has 0 unspecified atom stereocenters. The van der Waals surface area contributed by atoms with Gasteiger partial charge in [-0.25, -0.2) is 9.07 Å². The van der Waals surface area contributed by atoms with Gasteiger partial charge in [-0.3, -0.25) is 9.69 Å². The van der Waals surface area contributed by atoms with Crippen LogP contribution in [0.25, 0.3) is 21.3 Å². The summed E-state index contributed by atoms with van der Waals surface area (Å²) in [4.78, 5) is 16.4. The van der Waals surface area contributed by atoms with Crippen LogP contribution in [0, 0.1) is 5.82 Å². The fourth-order valence-electron chi connectivity index (χ4n) is 3.70. The first kappa shape index (κ1) is 18.2. The zero-order valence-electron chi connectivity index (χ0n) is 15.8. The molecular weight excluding hydrogens is 385 g/mol. The van der Waals surface area contributed by atoms with E-state index in [1.54, 1.807) is 28.2 Å². The molecule has 2 aromatic heterocycles. The van der Waals surface area contributed by atoms with Crippen LogP contribution in [0.3, 0.4) is 0 Å². The number of hydrogen-bond donors (Lipinski definition) is 0. The summed E-state index contributed by atoms with van der Waals surface area (Å²) < 4.78 is 15.2. The van der Waals surface area contributed by atoms with E-state index in [-0.39, 0.29) is 11.4 Å². The molecule has 4 nitrogen and oxygen atoms in total. The van der Waals surface area contributed by atoms with E-state index < -0.39 is 0 Å². The SMILES string of the molecule is O=c1c2ccccc2c(-c2cccs2)nn1CN(Cc1cccc(F)c1)C1CC1. The smallest absolute Gasteiger partial charge is 0.275 e. The van der Waals surface area contributed by atoms with Crippen LogP contribution >= 0.6 is 11.3 Å². The predicted molar refractivity (Wildman–Crippen MR) is 114 cm³/mol. The Morgan fingerprint density at radius 2 is 1.90 bits per heavy atom. The van der Waals surface area contributed by atoms with Crippen LogP contribution in [0.4, 0.5) is 4.39 Å². The van der Waals surface area contributed by atoms with Gasteiger partial charge in [0.05, 0.1) is 16.9 Å². The maximum absolute atomic E-state index is 13.6. The third kappa shape index (κ3) is 3.73. The van der Waals surface area contributed by atoms with E-state index in [4.69, 9.17) is 5.10 Å². The summed E-state index contributed by atoms with van der Waals surface area (Å²) in [7, 11) is 0. The number of hydrogen-bond acceptors (Lipinski definition) is 4. The van der Waals surface area contributed by atoms with Crippen molar-refractivity contribution in [2.45, 2.75) is 32.1 Å². The molecule has 0 saturated heterocycles. The second kappa shape index (κ2) is 7.54. The molecule has 1 aliphatic carbocycles. The maximum Gasteiger partial charge on any atom is 0.275 e. The van der Waals surface area contributed by atoms with E-state index >= 15 is 0 Å². The number of benzene rings is 2. The molecule has 0 aliphatic heterocycles. The molecule has 1 aliphatic rings. The van der Waals surface area contributed by atoms with Crippen LogP contribution in [-0.4, -0.2) is 20.7 Å². The molecule has 0 amide bonds. The van der Waals surface area contributed by atoms with Gasteiger partial charge >= 0.3 is 0 Å². The van der Waals surface area contributed by atoms with Gasteiger partial charge in [0.25, 0.3) is 5.56 Å². The average Bonchev–Trinajstić information content (AvgIpc) is 3.44. The van der Waals surface area contributed by atoms with E-state index in [1.807, 2.05) is 47.8 Å². The van der Waals surface area contributed by atoms with Crippen molar-refractivity contribution < 1.29 is 4.39 Å². The first-order chi connectivity index (χ1) is 14.2. The lowest BCUT2D eigenvalue weighted by molar-refractivity contribution is 0.184. The molecule has 0 bridgehead atoms. The van der Waals surface area contributed by atoms with Crippen molar-refractivity contribution >= 4 is 22.1 Å². The van der Waals surface area contributed by atoms with Crippen LogP contribution in [0.1, 0.15) is 18.4 Å². The fourth-order valence-corrected chi connectivity index (χ4v) is 4.43. The second-order valence-corrected chi connectivity index (χ2v) is 8.37. The predicted octanol–water partition coefficient (Wildman–Crippen LogP) is 4.89. The zero-order valence-corrected chi connectivity index (χ0v) is 16.6. The van der Waals surface area contributed by atoms with Crippen molar-refractivity contribution in [1.29, 1.82) is 0 Å². The Balaban J connectivity index is 1.55. The Hall–Kier alpha value is -2.83. The van der Waals surface area contributed by atoms with Crippen molar-refractivity contribution in [3.63, 3.8) is 0 Å². The highest BCUT2D eigenvalue weighted by molar-refractivity contribution is 7.13. The molecular formula is C23H20FN3OS. The van der Waals surface area contributed by atoms with Crippen LogP contribution in [0.2, 0.25) is 0 Å². The van der Waals surface area contributed by atoms with Crippen molar-refractivity contribution in [3.8, 4) is 10.6 Å². The average molecular weight is 405 g/mol. The maximum atomic E-state index is 13.6. The molecule has 5 rings (SSSR count). The van der Waals surface area contributed by atoms with Crippen molar-refractivity contribution in [3.05, 3.63) is 87.8 Å². The first-order valence-corrected chi connectivity index (χ1v) is 10.6. The number of aromatic nitrogens is 2. The van der Waals surface area contributed by atoms with E-state index in [0.29, 0.717) is 24.6 Å². The third-order valence-electron chi connectivity index (χ3n) is 5.28. The Labute approximate surface area is 171 Å². The normalized spacial score (nSPS) is 14.0. The second-order valence-electron chi connectivity index (χ2n) is 7.43. The number of nitrogens with zero attached hydrogens (tertiary/aromatic N) is 3. The molecule has 0 atom stereocenters. The van der Waals surface area contributed by atoms with Crippen molar-refractivity contribution in [2.24, 2.45) is 0 Å². The molecule has 146 valence electrons. The minimum Gasteiger partial charge on any atom is -0.277 e. The van der Waals surface area contributed by atoms with Gasteiger partial charge < -0.3 is 0 Å². The van der Waals surface area contributed by atoms with Gasteiger partial charge in [0.15, 0.2) is 0 Å². The van der Waals surface area contributed by atoms with Crippen LogP contribution in [0.15, 0.2) is 70.8 Å². The van der Waals surface area contributed by atoms with Gasteiger partial charge in [0.2, 0.25) is 0 Å². The summed E-state index contributed by atoms with van der Waals surface area (Å²) in [6.07, 6.45) is 2.19. The largest absolute Gasteiger partial charge is 0.277 e. The Morgan fingerprint density at radius 3 is 2.62 bits per heavy atom. The minimum absolute atomic E-state index is 0.0919. The van der Waals surface area contributed by atoms with Gasteiger partial charge in [0, 0.05) is 18.0 Å². The Bertz CT molecular complexity index is 1210. The Kier molecular flexibility index (Phi) is 4.73. The molecule has 1 fully saturated rings. The number of fused-ring (bicyclic) bond motifs is 1. The molecule has 29 heavy (non-hydrogen) atoms. The molecule has 2 heterocycles. The summed E-state index contributed by atoms with van der Waals surface area (Å²) in [5.41, 5.74) is 1.65. The zero-order chi connectivity index (χ0) is 19.8. The first-order valence-electron chi connectivity index (χ1n) is 9.71. The highest BCUT2D eigenvalue weighted by atomic mass is 32.1. The van der Waals surface area contributed by atoms with Crippen LogP contribution < -0.4 is 5.56 Å². The highest BCUT2D eigenvalue weighted by Gasteiger charge is 2.30. The molecule has 0 radical (unpaired) electrons. The van der Waals surface area contributed by atoms with Crippen LogP contribution in [-0.2, 0) is 13.2 Å². The summed E-state index contributed by atoms with van der Waals surface area (Å²) in [5.74, 6) is -0.237. The summed E-state index contributed by atoms with van der Waals surface area (Å²) in [6.45, 7) is 0.987. The monoisotopic (exact) mass is 405 g/mol. The lowest BCUT2D eigenvalue weighted by Gasteiger charge is -2.23. The highest BCUT2D eigenvalue weighted by Crippen LogP contribution is 2.30. The number of rotatable bonds is 6. The third-order valence-corrected chi connectivity index (χ3v) is 6.15. The lowest BCUT2D eigenvalue weighted by atomic mass is 10.1. The van der Waals surface area contributed by atoms with Crippen molar-refractivity contribution in [1.82, 2.24) is 14.7 Å². The molecule has 0 spiro atoms. The van der Waals surface area contributed by atoms with E-state index in [1.165, 1.54) is 6.07 Å². The van der Waals surface area contributed by atoms with Gasteiger partial charge in [-0.2, -0.15) is 5.10 Å². The standard InChI is InChI=1S/C23H20FN3OS/c24-17-6-3-5-16(13-17)14-26(18-10-11-18)15-27-23(28)20-8-2-1-7-19(20)22(25-27)21-9-4-12-29-21/h1-9,12-13,18H,10-11,14-15H2. The fraction of sp³-hybridized carbons (Fsp3) is 0.217. The quantitative estimate of drug-likeness (QED) is 0.459. The molecule has 4 aromatic rings. The van der Waals surface area contributed by atoms with Gasteiger partial charge in [-0.15, -0.1) is 11.3 Å². The topological polar surface area (TPSA) is 38.1 Å². The van der Waals surface area contributed by atoms with Gasteiger partial charge in [0.1, 0.15) is 11.5 Å². The van der Waals surface area contributed by atoms with Crippen LogP contribution in [0.5, 0.6) is 0 Å². The molecule has 1 saturated carbocycles. The molecule has 6 heteroatoms. The van der Waals surface area contributed by atoms with Crippen molar-refractivity contribution in [2.75, 3.05) is 0 Å². The van der Waals surface area contributed by atoms with Gasteiger partial charge in [-0.05, 0) is 48.1 Å². The summed E-state index contributed by atoms with van der Waals surface area (Å²) in [6, 6.07) is 18.7. The van der Waals surface area contributed by atoms with Gasteiger partial charge in [-0.1, -0.05) is 36.4 Å². The van der Waals surface area contributed by atoms with E-state index in [2.05, 4.69) is 4.90 Å². The molecule has 0 N–H and O–H groups in total. The van der Waals surface area contributed by atoms with E-state index in [9.17, 15) is 9.18 Å².